The van der Waals surface area contributed by atoms with Crippen LogP contribution in [0.25, 0.3) is 0 Å². The zero-order valence-corrected chi connectivity index (χ0v) is 12.3. The fourth-order valence-corrected chi connectivity index (χ4v) is 2.33. The van der Waals surface area contributed by atoms with Crippen LogP contribution in [0.2, 0.25) is 5.02 Å². The van der Waals surface area contributed by atoms with Crippen LogP contribution in [0.15, 0.2) is 46.9 Å². The molecule has 3 N–H and O–H groups in total. The Balaban J connectivity index is 2.08. The number of carbonyl (C=O) groups excluding carboxylic acids is 1. The molecule has 0 bridgehead atoms. The molecule has 5 heteroatoms. The minimum absolute atomic E-state index is 0.222. The molecule has 0 aliphatic heterocycles. The van der Waals surface area contributed by atoms with Crippen LogP contribution in [0.4, 0.5) is 5.69 Å². The normalized spacial score (nSPS) is 10.2. The first kappa shape index (κ1) is 13.9. The Hall–Kier alpha value is -1.52. The summed E-state index contributed by atoms with van der Waals surface area (Å²) in [4.78, 5) is 12.0. The number of nitrogens with one attached hydrogen (secondary N) is 1. The smallest absolute Gasteiger partial charge is 0.253 e. The van der Waals surface area contributed by atoms with Gasteiger partial charge in [0.05, 0.1) is 10.6 Å². The summed E-state index contributed by atoms with van der Waals surface area (Å²) in [7, 11) is 0. The zero-order valence-electron chi connectivity index (χ0n) is 9.99. The second-order valence-corrected chi connectivity index (χ2v) is 5.27. The van der Waals surface area contributed by atoms with E-state index in [-0.39, 0.29) is 5.91 Å². The minimum atomic E-state index is -0.222. The van der Waals surface area contributed by atoms with Crippen LogP contribution >= 0.6 is 27.5 Å². The Bertz CT molecular complexity index is 616. The molecule has 0 radical (unpaired) electrons. The van der Waals surface area contributed by atoms with Crippen molar-refractivity contribution in [1.29, 1.82) is 0 Å². The van der Waals surface area contributed by atoms with E-state index in [1.54, 1.807) is 18.2 Å². The van der Waals surface area contributed by atoms with Crippen molar-refractivity contribution in [2.24, 2.45) is 0 Å². The molecule has 0 unspecified atom stereocenters. The number of amides is 1. The maximum atomic E-state index is 12.0. The molecule has 2 rings (SSSR count). The summed E-state index contributed by atoms with van der Waals surface area (Å²) < 4.78 is 0.957. The lowest BCUT2D eigenvalue weighted by atomic mass is 10.1. The Morgan fingerprint density at radius 1 is 1.26 bits per heavy atom. The van der Waals surface area contributed by atoms with Gasteiger partial charge in [0.2, 0.25) is 0 Å². The fraction of sp³-hybridized carbons (Fsp3) is 0.0714. The fourth-order valence-electron chi connectivity index (χ4n) is 1.63. The standard InChI is InChI=1S/C14H12BrClN2O/c15-12-4-2-1-3-9(12)8-18-14(19)11-6-5-10(17)7-13(11)16/h1-7H,8,17H2,(H,18,19). The summed E-state index contributed by atoms with van der Waals surface area (Å²) in [5.74, 6) is -0.222. The van der Waals surface area contributed by atoms with Crippen LogP contribution in [0.5, 0.6) is 0 Å². The Morgan fingerprint density at radius 3 is 2.68 bits per heavy atom. The molecule has 0 atom stereocenters. The number of anilines is 1. The van der Waals surface area contributed by atoms with Gasteiger partial charge in [0.25, 0.3) is 5.91 Å². The van der Waals surface area contributed by atoms with Crippen LogP contribution in [0, 0.1) is 0 Å². The van der Waals surface area contributed by atoms with Crippen LogP contribution in [0.3, 0.4) is 0 Å². The van der Waals surface area contributed by atoms with E-state index in [9.17, 15) is 4.79 Å². The molecule has 1 amide bonds. The van der Waals surface area contributed by atoms with E-state index < -0.39 is 0 Å². The summed E-state index contributed by atoms with van der Waals surface area (Å²) in [6.07, 6.45) is 0. The molecule has 19 heavy (non-hydrogen) atoms. The number of nitrogen functional groups attached to an aromatic ring is 1. The molecular weight excluding hydrogens is 328 g/mol. The molecule has 0 saturated carbocycles. The van der Waals surface area contributed by atoms with Gasteiger partial charge in [-0.3, -0.25) is 4.79 Å². The van der Waals surface area contributed by atoms with Gasteiger partial charge in [-0.15, -0.1) is 0 Å². The second-order valence-electron chi connectivity index (χ2n) is 4.01. The monoisotopic (exact) mass is 338 g/mol. The molecule has 0 heterocycles. The minimum Gasteiger partial charge on any atom is -0.399 e. The Labute approximate surface area is 124 Å². The molecule has 0 spiro atoms. The third-order valence-corrected chi connectivity index (χ3v) is 3.72. The van der Waals surface area contributed by atoms with E-state index in [2.05, 4.69) is 21.2 Å². The first-order valence-corrected chi connectivity index (χ1v) is 6.81. The van der Waals surface area contributed by atoms with E-state index >= 15 is 0 Å². The average Bonchev–Trinajstić information content (AvgIpc) is 2.37. The van der Waals surface area contributed by atoms with Crippen LogP contribution in [-0.4, -0.2) is 5.91 Å². The SMILES string of the molecule is Nc1ccc(C(=O)NCc2ccccc2Br)c(Cl)c1. The van der Waals surface area contributed by atoms with Gasteiger partial charge in [-0.1, -0.05) is 45.7 Å². The summed E-state index contributed by atoms with van der Waals surface area (Å²) in [5.41, 5.74) is 7.55. The molecule has 0 fully saturated rings. The van der Waals surface area contributed by atoms with Crippen LogP contribution in [-0.2, 0) is 6.54 Å². The van der Waals surface area contributed by atoms with E-state index in [4.69, 9.17) is 17.3 Å². The number of rotatable bonds is 3. The highest BCUT2D eigenvalue weighted by Gasteiger charge is 2.10. The maximum absolute atomic E-state index is 12.0. The highest BCUT2D eigenvalue weighted by Crippen LogP contribution is 2.20. The Kier molecular flexibility index (Phi) is 4.45. The van der Waals surface area contributed by atoms with Crippen molar-refractivity contribution in [2.45, 2.75) is 6.54 Å². The number of nitrogens with two attached hydrogens (primary N) is 1. The quantitative estimate of drug-likeness (QED) is 0.839. The summed E-state index contributed by atoms with van der Waals surface area (Å²) >= 11 is 9.42. The van der Waals surface area contributed by atoms with Crippen molar-refractivity contribution < 1.29 is 4.79 Å². The summed E-state index contributed by atoms with van der Waals surface area (Å²) in [6, 6.07) is 12.5. The van der Waals surface area contributed by atoms with E-state index in [1.165, 1.54) is 0 Å². The molecular formula is C14H12BrClN2O. The summed E-state index contributed by atoms with van der Waals surface area (Å²) in [5, 5.41) is 3.17. The largest absolute Gasteiger partial charge is 0.399 e. The molecule has 2 aromatic carbocycles. The van der Waals surface area contributed by atoms with Gasteiger partial charge in [-0.2, -0.15) is 0 Å². The van der Waals surface area contributed by atoms with Crippen molar-refractivity contribution in [3.63, 3.8) is 0 Å². The number of halogens is 2. The predicted octanol–water partition coefficient (Wildman–Crippen LogP) is 3.61. The van der Waals surface area contributed by atoms with Gasteiger partial charge in [0.1, 0.15) is 0 Å². The van der Waals surface area contributed by atoms with Crippen molar-refractivity contribution in [3.05, 3.63) is 63.1 Å². The zero-order chi connectivity index (χ0) is 13.8. The lowest BCUT2D eigenvalue weighted by molar-refractivity contribution is 0.0951. The molecule has 0 saturated heterocycles. The maximum Gasteiger partial charge on any atom is 0.253 e. The van der Waals surface area contributed by atoms with E-state index in [0.717, 1.165) is 10.0 Å². The van der Waals surface area contributed by atoms with Crippen LogP contribution in [0.1, 0.15) is 15.9 Å². The first-order chi connectivity index (χ1) is 9.08. The van der Waals surface area contributed by atoms with Gasteiger partial charge in [-0.25, -0.2) is 0 Å². The average molecular weight is 340 g/mol. The summed E-state index contributed by atoms with van der Waals surface area (Å²) in [6.45, 7) is 0.432. The molecule has 2 aromatic rings. The number of carbonyl (C=O) groups is 1. The lowest BCUT2D eigenvalue weighted by Crippen LogP contribution is -2.23. The highest BCUT2D eigenvalue weighted by molar-refractivity contribution is 9.10. The predicted molar refractivity (Wildman–Crippen MR) is 81.2 cm³/mol. The molecule has 0 aromatic heterocycles. The molecule has 0 aliphatic carbocycles. The highest BCUT2D eigenvalue weighted by atomic mass is 79.9. The van der Waals surface area contributed by atoms with Crippen molar-refractivity contribution in [1.82, 2.24) is 5.32 Å². The topological polar surface area (TPSA) is 55.1 Å². The lowest BCUT2D eigenvalue weighted by Gasteiger charge is -2.08. The molecule has 0 aliphatic rings. The van der Waals surface area contributed by atoms with Gasteiger partial charge in [0.15, 0.2) is 0 Å². The van der Waals surface area contributed by atoms with Gasteiger partial charge in [-0.05, 0) is 29.8 Å². The van der Waals surface area contributed by atoms with Crippen molar-refractivity contribution >= 4 is 39.1 Å². The van der Waals surface area contributed by atoms with Gasteiger partial charge < -0.3 is 11.1 Å². The number of benzene rings is 2. The third-order valence-electron chi connectivity index (χ3n) is 2.64. The van der Waals surface area contributed by atoms with Crippen molar-refractivity contribution in [2.75, 3.05) is 5.73 Å². The Morgan fingerprint density at radius 2 is 2.00 bits per heavy atom. The van der Waals surface area contributed by atoms with Crippen molar-refractivity contribution in [3.8, 4) is 0 Å². The van der Waals surface area contributed by atoms with Gasteiger partial charge >= 0.3 is 0 Å². The van der Waals surface area contributed by atoms with E-state index in [1.807, 2.05) is 24.3 Å². The number of hydrogen-bond acceptors (Lipinski definition) is 2. The van der Waals surface area contributed by atoms with E-state index in [0.29, 0.717) is 22.8 Å². The van der Waals surface area contributed by atoms with Gasteiger partial charge in [0, 0.05) is 16.7 Å². The molecule has 98 valence electrons. The second kappa shape index (κ2) is 6.08. The third kappa shape index (κ3) is 3.49. The van der Waals surface area contributed by atoms with Crippen LogP contribution < -0.4 is 11.1 Å². The molecule has 3 nitrogen and oxygen atoms in total. The number of hydrogen-bond donors (Lipinski definition) is 2. The first-order valence-electron chi connectivity index (χ1n) is 5.64.